The molecule has 0 fully saturated rings. The second-order valence-electron chi connectivity index (χ2n) is 5.94. The molecule has 0 aliphatic rings. The molecular formula is C20H24N6O. The average Bonchev–Trinajstić information content (AvgIpc) is 3.18. The first-order chi connectivity index (χ1) is 13.3. The zero-order chi connectivity index (χ0) is 18.9. The third-order valence-electron chi connectivity index (χ3n) is 4.07. The highest BCUT2D eigenvalue weighted by Crippen LogP contribution is 2.09. The summed E-state index contributed by atoms with van der Waals surface area (Å²) in [5.41, 5.74) is 1.03. The first kappa shape index (κ1) is 18.4. The summed E-state index contributed by atoms with van der Waals surface area (Å²) >= 11 is 0. The van der Waals surface area contributed by atoms with Crippen LogP contribution in [0.5, 0.6) is 5.75 Å². The lowest BCUT2D eigenvalue weighted by molar-refractivity contribution is 0.281. The Morgan fingerprint density at radius 2 is 1.81 bits per heavy atom. The van der Waals surface area contributed by atoms with Crippen molar-refractivity contribution in [1.82, 2.24) is 25.0 Å². The molecule has 7 heteroatoms. The highest BCUT2D eigenvalue weighted by atomic mass is 16.5. The van der Waals surface area contributed by atoms with Crippen molar-refractivity contribution in [1.29, 1.82) is 0 Å². The Morgan fingerprint density at radius 1 is 1.11 bits per heavy atom. The van der Waals surface area contributed by atoms with Crippen molar-refractivity contribution < 1.29 is 4.74 Å². The quantitative estimate of drug-likeness (QED) is 0.515. The van der Waals surface area contributed by atoms with Gasteiger partial charge in [-0.3, -0.25) is 9.56 Å². The predicted octanol–water partition coefficient (Wildman–Crippen LogP) is 2.35. The second-order valence-corrected chi connectivity index (χ2v) is 5.94. The molecule has 0 saturated carbocycles. The smallest absolute Gasteiger partial charge is 0.193 e. The van der Waals surface area contributed by atoms with Gasteiger partial charge in [0.1, 0.15) is 18.7 Å². The van der Waals surface area contributed by atoms with E-state index in [9.17, 15) is 0 Å². The van der Waals surface area contributed by atoms with E-state index in [-0.39, 0.29) is 0 Å². The van der Waals surface area contributed by atoms with E-state index in [0.29, 0.717) is 19.7 Å². The van der Waals surface area contributed by atoms with Gasteiger partial charge in [0.25, 0.3) is 0 Å². The van der Waals surface area contributed by atoms with Gasteiger partial charge in [-0.2, -0.15) is 0 Å². The molecule has 7 nitrogen and oxygen atoms in total. The fourth-order valence-electron chi connectivity index (χ4n) is 2.65. The molecule has 1 N–H and O–H groups in total. The van der Waals surface area contributed by atoms with Gasteiger partial charge >= 0.3 is 0 Å². The lowest BCUT2D eigenvalue weighted by Gasteiger charge is -2.22. The third-order valence-corrected chi connectivity index (χ3v) is 4.07. The van der Waals surface area contributed by atoms with Gasteiger partial charge in [-0.25, -0.2) is 0 Å². The summed E-state index contributed by atoms with van der Waals surface area (Å²) in [6.07, 6.45) is 1.71. The molecule has 140 valence electrons. The van der Waals surface area contributed by atoms with E-state index in [2.05, 4.69) is 20.5 Å². The van der Waals surface area contributed by atoms with E-state index in [1.165, 1.54) is 0 Å². The summed E-state index contributed by atoms with van der Waals surface area (Å²) < 4.78 is 7.70. The largest absolute Gasteiger partial charge is 0.492 e. The van der Waals surface area contributed by atoms with Crippen LogP contribution in [-0.4, -0.2) is 52.9 Å². The zero-order valence-electron chi connectivity index (χ0n) is 15.6. The lowest BCUT2D eigenvalue weighted by atomic mass is 10.3. The van der Waals surface area contributed by atoms with Gasteiger partial charge in [-0.05, 0) is 24.3 Å². The molecule has 0 spiro atoms. The van der Waals surface area contributed by atoms with Crippen LogP contribution in [0.3, 0.4) is 0 Å². The Balaban J connectivity index is 1.53. The van der Waals surface area contributed by atoms with E-state index < -0.39 is 0 Å². The van der Waals surface area contributed by atoms with Crippen LogP contribution in [0, 0.1) is 0 Å². The summed E-state index contributed by atoms with van der Waals surface area (Å²) in [5, 5.41) is 11.6. The SMILES string of the molecule is CN=C(NCc1nncn1-c1ccccc1)N(C)CCOc1ccccc1. The normalized spacial score (nSPS) is 11.3. The number of ether oxygens (including phenoxy) is 1. The molecule has 0 amide bonds. The van der Waals surface area contributed by atoms with Crippen LogP contribution < -0.4 is 10.1 Å². The van der Waals surface area contributed by atoms with Crippen LogP contribution >= 0.6 is 0 Å². The maximum Gasteiger partial charge on any atom is 0.193 e. The molecule has 3 aromatic rings. The summed E-state index contributed by atoms with van der Waals surface area (Å²) in [5.74, 6) is 2.45. The Hall–Kier alpha value is -3.35. The summed E-state index contributed by atoms with van der Waals surface area (Å²) in [4.78, 5) is 6.35. The fraction of sp³-hybridized carbons (Fsp3) is 0.250. The van der Waals surface area contributed by atoms with Gasteiger partial charge in [0.15, 0.2) is 11.8 Å². The molecule has 0 aliphatic heterocycles. The molecular weight excluding hydrogens is 340 g/mol. The first-order valence-electron chi connectivity index (χ1n) is 8.82. The molecule has 0 bridgehead atoms. The Bertz CT molecular complexity index is 847. The molecule has 1 heterocycles. The van der Waals surface area contributed by atoms with Crippen LogP contribution in [0.2, 0.25) is 0 Å². The molecule has 0 atom stereocenters. The van der Waals surface area contributed by atoms with Gasteiger partial charge in [-0.1, -0.05) is 36.4 Å². The van der Waals surface area contributed by atoms with Crippen LogP contribution in [0.1, 0.15) is 5.82 Å². The number of aliphatic imine (C=N–C) groups is 1. The van der Waals surface area contributed by atoms with Gasteiger partial charge in [0, 0.05) is 19.8 Å². The second kappa shape index (κ2) is 9.38. The molecule has 0 saturated heterocycles. The Kier molecular flexibility index (Phi) is 6.40. The standard InChI is InChI=1S/C20H24N6O/c1-21-20(25(2)13-14-27-18-11-7-4-8-12-18)22-15-19-24-23-16-26(19)17-9-5-3-6-10-17/h3-12,16H,13-15H2,1-2H3,(H,21,22). The van der Waals surface area contributed by atoms with E-state index in [1.54, 1.807) is 13.4 Å². The van der Waals surface area contributed by atoms with E-state index in [1.807, 2.05) is 77.2 Å². The highest BCUT2D eigenvalue weighted by molar-refractivity contribution is 5.79. The lowest BCUT2D eigenvalue weighted by Crippen LogP contribution is -2.40. The molecule has 0 radical (unpaired) electrons. The molecule has 27 heavy (non-hydrogen) atoms. The van der Waals surface area contributed by atoms with Crippen molar-refractivity contribution in [3.63, 3.8) is 0 Å². The number of likely N-dealkylation sites (N-methyl/N-ethyl adjacent to an activating group) is 1. The Morgan fingerprint density at radius 3 is 2.52 bits per heavy atom. The minimum atomic E-state index is 0.519. The van der Waals surface area contributed by atoms with Crippen LogP contribution in [0.4, 0.5) is 0 Å². The number of para-hydroxylation sites is 2. The van der Waals surface area contributed by atoms with Crippen molar-refractivity contribution in [3.05, 3.63) is 72.8 Å². The minimum Gasteiger partial charge on any atom is -0.492 e. The van der Waals surface area contributed by atoms with Gasteiger partial charge in [0.05, 0.1) is 13.1 Å². The van der Waals surface area contributed by atoms with Gasteiger partial charge in [0.2, 0.25) is 0 Å². The van der Waals surface area contributed by atoms with Crippen molar-refractivity contribution in [2.75, 3.05) is 27.2 Å². The van der Waals surface area contributed by atoms with Crippen LogP contribution in [0.25, 0.3) is 5.69 Å². The number of hydrogen-bond acceptors (Lipinski definition) is 4. The van der Waals surface area contributed by atoms with Gasteiger partial charge in [-0.15, -0.1) is 10.2 Å². The number of rotatable bonds is 7. The monoisotopic (exact) mass is 364 g/mol. The number of nitrogens with zero attached hydrogens (tertiary/aromatic N) is 5. The van der Waals surface area contributed by atoms with Crippen LogP contribution in [0.15, 0.2) is 72.0 Å². The molecule has 1 aromatic heterocycles. The minimum absolute atomic E-state index is 0.519. The zero-order valence-corrected chi connectivity index (χ0v) is 15.6. The summed E-state index contributed by atoms with van der Waals surface area (Å²) in [6.45, 7) is 1.80. The maximum atomic E-state index is 5.75. The molecule has 2 aromatic carbocycles. The van der Waals surface area contributed by atoms with Crippen molar-refractivity contribution in [2.24, 2.45) is 4.99 Å². The fourth-order valence-corrected chi connectivity index (χ4v) is 2.65. The first-order valence-corrected chi connectivity index (χ1v) is 8.82. The molecule has 0 aliphatic carbocycles. The average molecular weight is 364 g/mol. The van der Waals surface area contributed by atoms with E-state index >= 15 is 0 Å². The maximum absolute atomic E-state index is 5.75. The van der Waals surface area contributed by atoms with Gasteiger partial charge < -0.3 is 15.0 Å². The number of aromatic nitrogens is 3. The van der Waals surface area contributed by atoms with Crippen molar-refractivity contribution in [3.8, 4) is 11.4 Å². The van der Waals surface area contributed by atoms with Crippen molar-refractivity contribution in [2.45, 2.75) is 6.54 Å². The molecule has 3 rings (SSSR count). The Labute approximate surface area is 159 Å². The summed E-state index contributed by atoms with van der Waals surface area (Å²) in [7, 11) is 3.74. The predicted molar refractivity (Wildman–Crippen MR) is 106 cm³/mol. The van der Waals surface area contributed by atoms with E-state index in [0.717, 1.165) is 23.2 Å². The highest BCUT2D eigenvalue weighted by Gasteiger charge is 2.10. The number of benzene rings is 2. The topological polar surface area (TPSA) is 67.6 Å². The van der Waals surface area contributed by atoms with Crippen LogP contribution in [-0.2, 0) is 6.54 Å². The number of guanidine groups is 1. The molecule has 0 unspecified atom stereocenters. The van der Waals surface area contributed by atoms with E-state index in [4.69, 9.17) is 4.74 Å². The third kappa shape index (κ3) is 5.07. The van der Waals surface area contributed by atoms with Crippen molar-refractivity contribution >= 4 is 5.96 Å². The number of hydrogen-bond donors (Lipinski definition) is 1. The summed E-state index contributed by atoms with van der Waals surface area (Å²) in [6, 6.07) is 19.8. The number of nitrogens with one attached hydrogen (secondary N) is 1.